The van der Waals surface area contributed by atoms with Crippen molar-refractivity contribution in [2.75, 3.05) is 0 Å². The van der Waals surface area contributed by atoms with Gasteiger partial charge in [-0.05, 0) is 35.4 Å². The molecule has 1 saturated carbocycles. The average molecular weight is 190 g/mol. The Bertz CT molecular complexity index is 373. The highest BCUT2D eigenvalue weighted by Crippen LogP contribution is 2.53. The Balaban J connectivity index is 2.08. The van der Waals surface area contributed by atoms with E-state index >= 15 is 0 Å². The number of hydrogen-bond acceptors (Lipinski definition) is 2. The minimum atomic E-state index is -0.132. The van der Waals surface area contributed by atoms with E-state index in [1.54, 1.807) is 0 Å². The van der Waals surface area contributed by atoms with Crippen molar-refractivity contribution in [3.8, 4) is 0 Å². The van der Waals surface area contributed by atoms with Gasteiger partial charge in [0.05, 0.1) is 12.7 Å². The fourth-order valence-electron chi connectivity index (χ4n) is 3.02. The number of aliphatic hydroxyl groups is 2. The van der Waals surface area contributed by atoms with Crippen molar-refractivity contribution in [2.45, 2.75) is 37.4 Å². The molecule has 3 atom stereocenters. The highest BCUT2D eigenvalue weighted by molar-refractivity contribution is 5.44. The molecule has 2 nitrogen and oxygen atoms in total. The molecule has 2 N–H and O–H groups in total. The first kappa shape index (κ1) is 8.45. The van der Waals surface area contributed by atoms with Gasteiger partial charge in [0, 0.05) is 5.92 Å². The monoisotopic (exact) mass is 190 g/mol. The first-order valence-electron chi connectivity index (χ1n) is 5.21. The van der Waals surface area contributed by atoms with Crippen molar-refractivity contribution in [3.63, 3.8) is 0 Å². The average Bonchev–Trinajstić information content (AvgIpc) is 2.74. The van der Waals surface area contributed by atoms with Crippen molar-refractivity contribution in [1.82, 2.24) is 0 Å². The van der Waals surface area contributed by atoms with E-state index in [0.717, 1.165) is 18.4 Å². The van der Waals surface area contributed by atoms with Gasteiger partial charge < -0.3 is 10.2 Å². The summed E-state index contributed by atoms with van der Waals surface area (Å²) in [7, 11) is 0. The first-order chi connectivity index (χ1) is 6.79. The van der Waals surface area contributed by atoms with Gasteiger partial charge in [0.15, 0.2) is 0 Å². The molecule has 0 amide bonds. The van der Waals surface area contributed by atoms with Crippen molar-refractivity contribution >= 4 is 0 Å². The summed E-state index contributed by atoms with van der Waals surface area (Å²) >= 11 is 0. The summed E-state index contributed by atoms with van der Waals surface area (Å²) < 4.78 is 0. The van der Waals surface area contributed by atoms with E-state index in [0.29, 0.717) is 11.8 Å². The predicted octanol–water partition coefficient (Wildman–Crippen LogP) is 1.51. The van der Waals surface area contributed by atoms with Crippen LogP contribution in [0.1, 0.15) is 41.4 Å². The molecule has 2 heteroatoms. The standard InChI is InChI=1S/C12H14O2/c13-6-7-1-2-9-10(3-7)8-4-11(9)12(14)5-8/h1-3,8,11-14H,4-6H2. The van der Waals surface area contributed by atoms with Crippen LogP contribution >= 0.6 is 0 Å². The minimum absolute atomic E-state index is 0.118. The maximum absolute atomic E-state index is 9.74. The van der Waals surface area contributed by atoms with Crippen molar-refractivity contribution in [1.29, 1.82) is 0 Å². The molecule has 1 aromatic rings. The summed E-state index contributed by atoms with van der Waals surface area (Å²) in [6.45, 7) is 0.118. The van der Waals surface area contributed by atoms with Crippen molar-refractivity contribution < 1.29 is 10.2 Å². The number of fused-ring (bicyclic) bond motifs is 5. The smallest absolute Gasteiger partial charge is 0.0681 e. The molecule has 2 bridgehead atoms. The molecule has 0 heterocycles. The summed E-state index contributed by atoms with van der Waals surface area (Å²) in [5, 5.41) is 18.8. The van der Waals surface area contributed by atoms with Crippen LogP contribution in [-0.2, 0) is 6.61 Å². The lowest BCUT2D eigenvalue weighted by Gasteiger charge is -2.20. The molecule has 0 aromatic heterocycles. The largest absolute Gasteiger partial charge is 0.392 e. The zero-order valence-electron chi connectivity index (χ0n) is 7.98. The number of rotatable bonds is 1. The SMILES string of the molecule is OCc1ccc2c(c1)C1CC(O)C2C1. The molecule has 74 valence electrons. The van der Waals surface area contributed by atoms with Gasteiger partial charge >= 0.3 is 0 Å². The highest BCUT2D eigenvalue weighted by atomic mass is 16.3. The van der Waals surface area contributed by atoms with Crippen LogP contribution in [-0.4, -0.2) is 16.3 Å². The fourth-order valence-corrected chi connectivity index (χ4v) is 3.02. The van der Waals surface area contributed by atoms with E-state index < -0.39 is 0 Å². The van der Waals surface area contributed by atoms with Crippen molar-refractivity contribution in [3.05, 3.63) is 34.9 Å². The second kappa shape index (κ2) is 2.81. The maximum atomic E-state index is 9.74. The Morgan fingerprint density at radius 2 is 2.07 bits per heavy atom. The molecule has 0 aliphatic heterocycles. The summed E-state index contributed by atoms with van der Waals surface area (Å²) in [5.41, 5.74) is 3.67. The molecule has 1 aromatic carbocycles. The molecule has 0 saturated heterocycles. The normalized spacial score (nSPS) is 33.4. The molecule has 3 rings (SSSR count). The summed E-state index contributed by atoms with van der Waals surface area (Å²) in [5.74, 6) is 0.902. The molecule has 14 heavy (non-hydrogen) atoms. The lowest BCUT2D eigenvalue weighted by atomic mass is 9.89. The molecule has 2 aliphatic carbocycles. The highest BCUT2D eigenvalue weighted by Gasteiger charge is 2.42. The summed E-state index contributed by atoms with van der Waals surface area (Å²) in [4.78, 5) is 0. The van der Waals surface area contributed by atoms with Gasteiger partial charge in [-0.1, -0.05) is 18.2 Å². The minimum Gasteiger partial charge on any atom is -0.392 e. The van der Waals surface area contributed by atoms with Gasteiger partial charge in [-0.3, -0.25) is 0 Å². The number of benzene rings is 1. The second-order valence-electron chi connectivity index (χ2n) is 4.46. The molecule has 1 fully saturated rings. The van der Waals surface area contributed by atoms with Gasteiger partial charge in [-0.2, -0.15) is 0 Å². The van der Waals surface area contributed by atoms with Gasteiger partial charge in [-0.25, -0.2) is 0 Å². The van der Waals surface area contributed by atoms with E-state index in [9.17, 15) is 5.11 Å². The predicted molar refractivity (Wildman–Crippen MR) is 53.1 cm³/mol. The summed E-state index contributed by atoms with van der Waals surface area (Å²) in [6.07, 6.45) is 1.88. The molecule has 3 unspecified atom stereocenters. The van der Waals surface area contributed by atoms with Crippen LogP contribution in [0.4, 0.5) is 0 Å². The maximum Gasteiger partial charge on any atom is 0.0681 e. The van der Waals surface area contributed by atoms with E-state index in [1.807, 2.05) is 6.07 Å². The fraction of sp³-hybridized carbons (Fsp3) is 0.500. The lowest BCUT2D eigenvalue weighted by molar-refractivity contribution is 0.158. The number of aliphatic hydroxyl groups excluding tert-OH is 2. The van der Waals surface area contributed by atoms with Crippen LogP contribution in [0.15, 0.2) is 18.2 Å². The van der Waals surface area contributed by atoms with Crippen LogP contribution < -0.4 is 0 Å². The van der Waals surface area contributed by atoms with E-state index in [1.165, 1.54) is 11.1 Å². The van der Waals surface area contributed by atoms with Crippen LogP contribution in [0, 0.1) is 0 Å². The Morgan fingerprint density at radius 3 is 2.86 bits per heavy atom. The quantitative estimate of drug-likeness (QED) is 0.704. The van der Waals surface area contributed by atoms with E-state index in [-0.39, 0.29) is 12.7 Å². The Hall–Kier alpha value is -0.860. The van der Waals surface area contributed by atoms with Gasteiger partial charge in [0.2, 0.25) is 0 Å². The van der Waals surface area contributed by atoms with E-state index in [2.05, 4.69) is 12.1 Å². The third kappa shape index (κ3) is 0.983. The third-order valence-electron chi connectivity index (χ3n) is 3.70. The molecule has 0 spiro atoms. The third-order valence-corrected chi connectivity index (χ3v) is 3.70. The Morgan fingerprint density at radius 1 is 1.21 bits per heavy atom. The second-order valence-corrected chi connectivity index (χ2v) is 4.46. The molecule has 0 radical (unpaired) electrons. The Labute approximate surface area is 83.2 Å². The van der Waals surface area contributed by atoms with E-state index in [4.69, 9.17) is 5.11 Å². The first-order valence-corrected chi connectivity index (χ1v) is 5.21. The van der Waals surface area contributed by atoms with Gasteiger partial charge in [0.1, 0.15) is 0 Å². The number of hydrogen-bond donors (Lipinski definition) is 2. The molecular weight excluding hydrogens is 176 g/mol. The van der Waals surface area contributed by atoms with Crippen LogP contribution in [0.3, 0.4) is 0 Å². The van der Waals surface area contributed by atoms with Crippen LogP contribution in [0.25, 0.3) is 0 Å². The molecular formula is C12H14O2. The van der Waals surface area contributed by atoms with Crippen molar-refractivity contribution in [2.24, 2.45) is 0 Å². The van der Waals surface area contributed by atoms with Gasteiger partial charge in [-0.15, -0.1) is 0 Å². The zero-order chi connectivity index (χ0) is 9.71. The Kier molecular flexibility index (Phi) is 1.70. The summed E-state index contributed by atoms with van der Waals surface area (Å²) in [6, 6.07) is 6.14. The topological polar surface area (TPSA) is 40.5 Å². The van der Waals surface area contributed by atoms with Crippen LogP contribution in [0.5, 0.6) is 0 Å². The lowest BCUT2D eigenvalue weighted by Crippen LogP contribution is -2.15. The molecule has 2 aliphatic rings. The van der Waals surface area contributed by atoms with Gasteiger partial charge in [0.25, 0.3) is 0 Å². The zero-order valence-corrected chi connectivity index (χ0v) is 7.98. The van der Waals surface area contributed by atoms with Crippen LogP contribution in [0.2, 0.25) is 0 Å².